The molecule has 0 spiro atoms. The first kappa shape index (κ1) is 21.3. The Balaban J connectivity index is 1.87. The number of benzene rings is 3. The van der Waals surface area contributed by atoms with Gasteiger partial charge >= 0.3 is 0 Å². The number of hydrogen-bond acceptors (Lipinski definition) is 3. The molecule has 0 aliphatic rings. The third-order valence-electron chi connectivity index (χ3n) is 5.09. The fourth-order valence-corrected chi connectivity index (χ4v) is 3.58. The lowest BCUT2D eigenvalue weighted by molar-refractivity contribution is -0.123. The summed E-state index contributed by atoms with van der Waals surface area (Å²) in [6, 6.07) is 25.8. The van der Waals surface area contributed by atoms with Crippen molar-refractivity contribution >= 4 is 11.8 Å². The fraction of sp³-hybridized carbons (Fsp3) is 0.200. The number of rotatable bonds is 9. The van der Waals surface area contributed by atoms with Crippen LogP contribution < -0.4 is 11.1 Å². The fourth-order valence-electron chi connectivity index (χ4n) is 3.58. The lowest BCUT2D eigenvalue weighted by Gasteiger charge is -2.23. The van der Waals surface area contributed by atoms with E-state index in [1.54, 1.807) is 24.3 Å². The summed E-state index contributed by atoms with van der Waals surface area (Å²) in [6.07, 6.45) is 0.930. The van der Waals surface area contributed by atoms with E-state index in [2.05, 4.69) is 5.32 Å². The van der Waals surface area contributed by atoms with Gasteiger partial charge in [0.25, 0.3) is 0 Å². The van der Waals surface area contributed by atoms with Crippen LogP contribution in [0.25, 0.3) is 0 Å². The molecule has 0 radical (unpaired) electrons. The predicted molar refractivity (Wildman–Crippen MR) is 117 cm³/mol. The van der Waals surface area contributed by atoms with Crippen molar-refractivity contribution in [2.75, 3.05) is 6.61 Å². The Kier molecular flexibility index (Phi) is 7.35. The minimum absolute atomic E-state index is 0.184. The third kappa shape index (κ3) is 5.55. The van der Waals surface area contributed by atoms with Crippen molar-refractivity contribution in [1.29, 1.82) is 0 Å². The van der Waals surface area contributed by atoms with Crippen molar-refractivity contribution in [2.45, 2.75) is 24.8 Å². The minimum Gasteiger partial charge on any atom is -0.394 e. The lowest BCUT2D eigenvalue weighted by Crippen LogP contribution is -2.42. The molecule has 2 atom stereocenters. The van der Waals surface area contributed by atoms with E-state index in [0.717, 1.165) is 11.1 Å². The Bertz CT molecular complexity index is 974. The molecule has 3 rings (SSSR count). The summed E-state index contributed by atoms with van der Waals surface area (Å²) >= 11 is 0. The second kappa shape index (κ2) is 10.4. The molecule has 0 unspecified atom stereocenters. The average Bonchev–Trinajstić information content (AvgIpc) is 2.78. The van der Waals surface area contributed by atoms with Gasteiger partial charge in [0.05, 0.1) is 18.6 Å². The summed E-state index contributed by atoms with van der Waals surface area (Å²) in [5.41, 5.74) is 8.48. The topological polar surface area (TPSA) is 92.4 Å². The molecular formula is C25H26N2O3. The molecule has 0 bridgehead atoms. The van der Waals surface area contributed by atoms with E-state index in [1.807, 2.05) is 60.7 Å². The molecule has 0 saturated heterocycles. The van der Waals surface area contributed by atoms with Gasteiger partial charge in [-0.05, 0) is 35.6 Å². The molecule has 0 aromatic heterocycles. The number of primary amides is 1. The molecule has 2 amide bonds. The van der Waals surface area contributed by atoms with E-state index in [9.17, 15) is 14.7 Å². The zero-order valence-electron chi connectivity index (χ0n) is 16.7. The maximum Gasteiger partial charge on any atom is 0.249 e. The second-order valence-electron chi connectivity index (χ2n) is 7.27. The molecule has 4 N–H and O–H groups in total. The highest BCUT2D eigenvalue weighted by atomic mass is 16.3. The number of nitrogens with one attached hydrogen (secondary N) is 1. The van der Waals surface area contributed by atoms with Gasteiger partial charge in [-0.15, -0.1) is 0 Å². The molecule has 0 aliphatic carbocycles. The molecule has 0 heterocycles. The Morgan fingerprint density at radius 1 is 0.800 bits per heavy atom. The molecule has 5 heteroatoms. The van der Waals surface area contributed by atoms with E-state index >= 15 is 0 Å². The second-order valence-corrected chi connectivity index (χ2v) is 7.27. The number of aliphatic hydroxyl groups is 1. The Hall–Kier alpha value is -3.44. The first-order valence-electron chi connectivity index (χ1n) is 9.96. The average molecular weight is 402 g/mol. The predicted octanol–water partition coefficient (Wildman–Crippen LogP) is 2.83. The van der Waals surface area contributed by atoms with Crippen molar-refractivity contribution in [3.8, 4) is 0 Å². The van der Waals surface area contributed by atoms with Gasteiger partial charge in [-0.2, -0.15) is 0 Å². The molecular weight excluding hydrogens is 376 g/mol. The van der Waals surface area contributed by atoms with E-state index in [0.29, 0.717) is 24.0 Å². The van der Waals surface area contributed by atoms with Crippen molar-refractivity contribution in [2.24, 2.45) is 5.73 Å². The van der Waals surface area contributed by atoms with Gasteiger partial charge in [0.2, 0.25) is 11.8 Å². The van der Waals surface area contributed by atoms with Gasteiger partial charge in [-0.1, -0.05) is 78.9 Å². The van der Waals surface area contributed by atoms with Gasteiger partial charge < -0.3 is 16.2 Å². The SMILES string of the molecule is NC(=O)c1ccccc1[C@H](Cc1ccccc1)C(=O)N[C@H](CO)Cc1ccccc1. The van der Waals surface area contributed by atoms with E-state index in [4.69, 9.17) is 5.73 Å². The molecule has 3 aromatic carbocycles. The maximum absolute atomic E-state index is 13.3. The van der Waals surface area contributed by atoms with E-state index < -0.39 is 17.9 Å². The summed E-state index contributed by atoms with van der Waals surface area (Å²) in [7, 11) is 0. The molecule has 0 aliphatic heterocycles. The van der Waals surface area contributed by atoms with Crippen LogP contribution in [-0.2, 0) is 17.6 Å². The van der Waals surface area contributed by atoms with Crippen molar-refractivity contribution in [3.63, 3.8) is 0 Å². The molecule has 3 aromatic rings. The van der Waals surface area contributed by atoms with Gasteiger partial charge in [0.1, 0.15) is 0 Å². The summed E-state index contributed by atoms with van der Waals surface area (Å²) in [4.78, 5) is 25.3. The number of carbonyl (C=O) groups is 2. The van der Waals surface area contributed by atoms with Crippen LogP contribution >= 0.6 is 0 Å². The van der Waals surface area contributed by atoms with Crippen LogP contribution in [0.1, 0.15) is 33.0 Å². The van der Waals surface area contributed by atoms with Crippen LogP contribution in [-0.4, -0.2) is 29.6 Å². The maximum atomic E-state index is 13.3. The normalized spacial score (nSPS) is 12.7. The van der Waals surface area contributed by atoms with Crippen molar-refractivity contribution in [3.05, 3.63) is 107 Å². The summed E-state index contributed by atoms with van der Waals surface area (Å²) in [5, 5.41) is 12.8. The van der Waals surface area contributed by atoms with Crippen LogP contribution in [0.5, 0.6) is 0 Å². The summed E-state index contributed by atoms with van der Waals surface area (Å²) < 4.78 is 0. The van der Waals surface area contributed by atoms with E-state index in [1.165, 1.54) is 0 Å². The van der Waals surface area contributed by atoms with Crippen LogP contribution in [0.2, 0.25) is 0 Å². The zero-order valence-corrected chi connectivity index (χ0v) is 16.7. The quantitative estimate of drug-likeness (QED) is 0.514. The first-order valence-corrected chi connectivity index (χ1v) is 9.96. The van der Waals surface area contributed by atoms with Gasteiger partial charge in [0, 0.05) is 5.56 Å². The number of amides is 2. The Morgan fingerprint density at radius 3 is 1.90 bits per heavy atom. The number of hydrogen-bond donors (Lipinski definition) is 3. The van der Waals surface area contributed by atoms with Crippen LogP contribution in [0.15, 0.2) is 84.9 Å². The highest BCUT2D eigenvalue weighted by Crippen LogP contribution is 2.25. The number of carbonyl (C=O) groups excluding carboxylic acids is 2. The van der Waals surface area contributed by atoms with Crippen LogP contribution in [0.4, 0.5) is 0 Å². The van der Waals surface area contributed by atoms with Gasteiger partial charge in [0.15, 0.2) is 0 Å². The van der Waals surface area contributed by atoms with E-state index in [-0.39, 0.29) is 12.5 Å². The first-order chi connectivity index (χ1) is 14.6. The lowest BCUT2D eigenvalue weighted by atomic mass is 9.87. The monoisotopic (exact) mass is 402 g/mol. The van der Waals surface area contributed by atoms with Crippen molar-refractivity contribution < 1.29 is 14.7 Å². The summed E-state index contributed by atoms with van der Waals surface area (Å²) in [6.45, 7) is -0.184. The van der Waals surface area contributed by atoms with Crippen LogP contribution in [0.3, 0.4) is 0 Å². The Labute approximate surface area is 176 Å². The minimum atomic E-state index is -0.610. The molecule has 30 heavy (non-hydrogen) atoms. The number of aliphatic hydroxyl groups excluding tert-OH is 1. The molecule has 5 nitrogen and oxygen atoms in total. The van der Waals surface area contributed by atoms with Gasteiger partial charge in [-0.25, -0.2) is 0 Å². The third-order valence-corrected chi connectivity index (χ3v) is 5.09. The summed E-state index contributed by atoms with van der Waals surface area (Å²) in [5.74, 6) is -1.43. The highest BCUT2D eigenvalue weighted by Gasteiger charge is 2.26. The Morgan fingerprint density at radius 2 is 1.33 bits per heavy atom. The molecule has 0 saturated carbocycles. The molecule has 154 valence electrons. The standard InChI is InChI=1S/C25H26N2O3/c26-24(29)22-14-8-7-13-21(22)23(16-19-11-5-2-6-12-19)25(30)27-20(17-28)15-18-9-3-1-4-10-18/h1-14,20,23,28H,15-17H2,(H2,26,29)(H,27,30)/t20-,23-/m0/s1. The smallest absolute Gasteiger partial charge is 0.249 e. The van der Waals surface area contributed by atoms with Crippen LogP contribution in [0, 0.1) is 0 Å². The highest BCUT2D eigenvalue weighted by molar-refractivity contribution is 5.97. The molecule has 0 fully saturated rings. The van der Waals surface area contributed by atoms with Crippen molar-refractivity contribution in [1.82, 2.24) is 5.32 Å². The zero-order chi connectivity index (χ0) is 21.3. The van der Waals surface area contributed by atoms with Gasteiger partial charge in [-0.3, -0.25) is 9.59 Å². The largest absolute Gasteiger partial charge is 0.394 e. The number of nitrogens with two attached hydrogens (primary N) is 1.